The van der Waals surface area contributed by atoms with Crippen molar-refractivity contribution < 1.29 is 14.3 Å². The number of amides is 3. The van der Waals surface area contributed by atoms with Crippen molar-refractivity contribution in [3.63, 3.8) is 0 Å². The summed E-state index contributed by atoms with van der Waals surface area (Å²) in [5.41, 5.74) is 1.88. The zero-order valence-corrected chi connectivity index (χ0v) is 17.3. The Hall–Kier alpha value is -2.12. The van der Waals surface area contributed by atoms with Crippen molar-refractivity contribution in [2.45, 2.75) is 44.9 Å². The van der Waals surface area contributed by atoms with Gasteiger partial charge in [-0.2, -0.15) is 0 Å². The maximum atomic E-state index is 11.9. The molecule has 1 aromatic carbocycles. The molecule has 2 fully saturated rings. The van der Waals surface area contributed by atoms with Crippen LogP contribution in [0.3, 0.4) is 0 Å². The molecule has 2 aliphatic rings. The highest BCUT2D eigenvalue weighted by molar-refractivity contribution is 6.05. The summed E-state index contributed by atoms with van der Waals surface area (Å²) in [6.07, 6.45) is 8.01. The molecule has 29 heavy (non-hydrogen) atoms. The second-order valence-electron chi connectivity index (χ2n) is 7.80. The van der Waals surface area contributed by atoms with Crippen molar-refractivity contribution in [3.05, 3.63) is 24.3 Å². The standard InChI is InChI=1S/C22H34N4O3/c27-21-11-14-26(22(28)24-21)20-9-7-19(8-10-20)23-12-5-3-1-2-4-6-13-25-15-17-29-18-16-25/h7-10,23H,1-6,11-18H2,(H,24,27,28). The van der Waals surface area contributed by atoms with Gasteiger partial charge < -0.3 is 10.1 Å². The van der Waals surface area contributed by atoms with Crippen molar-refractivity contribution in [2.24, 2.45) is 0 Å². The highest BCUT2D eigenvalue weighted by atomic mass is 16.5. The van der Waals surface area contributed by atoms with Crippen molar-refractivity contribution in [1.82, 2.24) is 10.2 Å². The third-order valence-corrected chi connectivity index (χ3v) is 5.57. The van der Waals surface area contributed by atoms with E-state index in [2.05, 4.69) is 15.5 Å². The third-order valence-electron chi connectivity index (χ3n) is 5.57. The number of nitrogens with one attached hydrogen (secondary N) is 2. The van der Waals surface area contributed by atoms with Crippen molar-refractivity contribution in [2.75, 3.05) is 56.2 Å². The lowest BCUT2D eigenvalue weighted by molar-refractivity contribution is -0.120. The van der Waals surface area contributed by atoms with Gasteiger partial charge in [-0.15, -0.1) is 0 Å². The van der Waals surface area contributed by atoms with Gasteiger partial charge in [0.2, 0.25) is 5.91 Å². The number of imide groups is 1. The summed E-state index contributed by atoms with van der Waals surface area (Å²) in [5, 5.41) is 5.80. The van der Waals surface area contributed by atoms with Crippen LogP contribution in [0.4, 0.5) is 16.2 Å². The first-order valence-corrected chi connectivity index (χ1v) is 11.0. The highest BCUT2D eigenvalue weighted by Crippen LogP contribution is 2.20. The first-order chi connectivity index (χ1) is 14.2. The Balaban J connectivity index is 1.22. The number of morpholine rings is 1. The molecular formula is C22H34N4O3. The molecule has 1 aromatic rings. The second-order valence-corrected chi connectivity index (χ2v) is 7.80. The molecule has 0 unspecified atom stereocenters. The molecule has 2 heterocycles. The molecule has 7 nitrogen and oxygen atoms in total. The molecule has 0 aliphatic carbocycles. The van der Waals surface area contributed by atoms with Gasteiger partial charge in [-0.3, -0.25) is 19.9 Å². The topological polar surface area (TPSA) is 73.9 Å². The van der Waals surface area contributed by atoms with E-state index in [0.29, 0.717) is 13.0 Å². The summed E-state index contributed by atoms with van der Waals surface area (Å²) in [4.78, 5) is 27.2. The minimum absolute atomic E-state index is 0.207. The van der Waals surface area contributed by atoms with Gasteiger partial charge in [-0.1, -0.05) is 25.7 Å². The lowest BCUT2D eigenvalue weighted by atomic mass is 10.1. The summed E-state index contributed by atoms with van der Waals surface area (Å²) < 4.78 is 5.38. The first kappa shape index (κ1) is 21.6. The summed E-state index contributed by atoms with van der Waals surface area (Å²) in [6, 6.07) is 7.49. The number of rotatable bonds is 11. The summed E-state index contributed by atoms with van der Waals surface area (Å²) in [6.45, 7) is 6.59. The van der Waals surface area contributed by atoms with Crippen LogP contribution < -0.4 is 15.5 Å². The summed E-state index contributed by atoms with van der Waals surface area (Å²) in [5.74, 6) is -0.207. The number of benzene rings is 1. The molecule has 0 saturated carbocycles. The fourth-order valence-electron chi connectivity index (χ4n) is 3.79. The number of carbonyl (C=O) groups is 2. The Kier molecular flexibility index (Phi) is 8.77. The van der Waals surface area contributed by atoms with Crippen molar-refractivity contribution >= 4 is 23.3 Å². The Morgan fingerprint density at radius 1 is 0.897 bits per heavy atom. The number of ether oxygens (including phenoxy) is 1. The van der Waals surface area contributed by atoms with Crippen LogP contribution in [0.1, 0.15) is 44.9 Å². The van der Waals surface area contributed by atoms with Crippen LogP contribution in [0.5, 0.6) is 0 Å². The van der Waals surface area contributed by atoms with E-state index in [-0.39, 0.29) is 11.9 Å². The average Bonchev–Trinajstić information content (AvgIpc) is 2.74. The molecule has 2 N–H and O–H groups in total. The van der Waals surface area contributed by atoms with E-state index in [1.807, 2.05) is 24.3 Å². The molecule has 2 aliphatic heterocycles. The lowest BCUT2D eigenvalue weighted by Gasteiger charge is -2.26. The van der Waals surface area contributed by atoms with E-state index >= 15 is 0 Å². The minimum Gasteiger partial charge on any atom is -0.385 e. The molecule has 0 spiro atoms. The van der Waals surface area contributed by atoms with Gasteiger partial charge in [0.25, 0.3) is 0 Å². The van der Waals surface area contributed by atoms with E-state index < -0.39 is 0 Å². The predicted molar refractivity (Wildman–Crippen MR) is 115 cm³/mol. The molecule has 0 atom stereocenters. The molecule has 0 aromatic heterocycles. The molecule has 160 valence electrons. The van der Waals surface area contributed by atoms with Gasteiger partial charge in [0.1, 0.15) is 0 Å². The van der Waals surface area contributed by atoms with Crippen molar-refractivity contribution in [1.29, 1.82) is 0 Å². The normalized spacial score (nSPS) is 18.0. The highest BCUT2D eigenvalue weighted by Gasteiger charge is 2.23. The van der Waals surface area contributed by atoms with Gasteiger partial charge >= 0.3 is 6.03 Å². The Labute approximate surface area is 173 Å². The van der Waals surface area contributed by atoms with Crippen LogP contribution >= 0.6 is 0 Å². The van der Waals surface area contributed by atoms with Crippen LogP contribution in [0.25, 0.3) is 0 Å². The number of unbranched alkanes of at least 4 members (excludes halogenated alkanes) is 5. The monoisotopic (exact) mass is 402 g/mol. The number of nitrogens with zero attached hydrogens (tertiary/aromatic N) is 2. The lowest BCUT2D eigenvalue weighted by Crippen LogP contribution is -2.49. The number of carbonyl (C=O) groups excluding carboxylic acids is 2. The van der Waals surface area contributed by atoms with E-state index in [0.717, 1.165) is 44.2 Å². The van der Waals surface area contributed by atoms with E-state index in [9.17, 15) is 9.59 Å². The van der Waals surface area contributed by atoms with Crippen LogP contribution in [0.2, 0.25) is 0 Å². The number of anilines is 2. The van der Waals surface area contributed by atoms with Crippen molar-refractivity contribution in [3.8, 4) is 0 Å². The number of hydrogen-bond donors (Lipinski definition) is 2. The zero-order valence-electron chi connectivity index (χ0n) is 17.3. The Morgan fingerprint density at radius 3 is 2.31 bits per heavy atom. The molecular weight excluding hydrogens is 368 g/mol. The quantitative estimate of drug-likeness (QED) is 0.556. The number of hydrogen-bond acceptors (Lipinski definition) is 5. The van der Waals surface area contributed by atoms with Crippen LogP contribution in [0.15, 0.2) is 24.3 Å². The van der Waals surface area contributed by atoms with E-state index in [1.54, 1.807) is 4.90 Å². The Bertz CT molecular complexity index is 644. The smallest absolute Gasteiger partial charge is 0.328 e. The largest absolute Gasteiger partial charge is 0.385 e. The summed E-state index contributed by atoms with van der Waals surface area (Å²) >= 11 is 0. The van der Waals surface area contributed by atoms with Crippen LogP contribution in [-0.2, 0) is 9.53 Å². The maximum Gasteiger partial charge on any atom is 0.328 e. The van der Waals surface area contributed by atoms with Crippen LogP contribution in [0, 0.1) is 0 Å². The summed E-state index contributed by atoms with van der Waals surface area (Å²) in [7, 11) is 0. The average molecular weight is 403 g/mol. The van der Waals surface area contributed by atoms with E-state index in [1.165, 1.54) is 45.1 Å². The number of urea groups is 1. The molecule has 3 amide bonds. The molecule has 7 heteroatoms. The van der Waals surface area contributed by atoms with Gasteiger partial charge in [0, 0.05) is 44.0 Å². The van der Waals surface area contributed by atoms with E-state index in [4.69, 9.17) is 4.74 Å². The molecule has 3 rings (SSSR count). The van der Waals surface area contributed by atoms with Gasteiger partial charge in [-0.05, 0) is 43.7 Å². The SMILES string of the molecule is O=C1CCN(c2ccc(NCCCCCCCCN3CCOCC3)cc2)C(=O)N1. The Morgan fingerprint density at radius 2 is 1.59 bits per heavy atom. The third kappa shape index (κ3) is 7.33. The second kappa shape index (κ2) is 11.8. The predicted octanol–water partition coefficient (Wildman–Crippen LogP) is 3.22. The van der Waals surface area contributed by atoms with Gasteiger partial charge in [0.15, 0.2) is 0 Å². The first-order valence-electron chi connectivity index (χ1n) is 11.0. The zero-order chi connectivity index (χ0) is 20.3. The molecule has 0 bridgehead atoms. The fraction of sp³-hybridized carbons (Fsp3) is 0.636. The van der Waals surface area contributed by atoms with Gasteiger partial charge in [0.05, 0.1) is 13.2 Å². The van der Waals surface area contributed by atoms with Crippen LogP contribution in [-0.4, -0.2) is 62.8 Å². The minimum atomic E-state index is -0.341. The fourth-order valence-corrected chi connectivity index (χ4v) is 3.79. The molecule has 2 saturated heterocycles. The van der Waals surface area contributed by atoms with Gasteiger partial charge in [-0.25, -0.2) is 4.79 Å². The molecule has 0 radical (unpaired) electrons. The maximum absolute atomic E-state index is 11.9.